The van der Waals surface area contributed by atoms with Gasteiger partial charge in [-0.15, -0.1) is 11.3 Å². The first kappa shape index (κ1) is 14.6. The minimum absolute atomic E-state index is 0.302. The first-order valence-corrected chi connectivity index (χ1v) is 7.50. The quantitative estimate of drug-likeness (QED) is 0.846. The Morgan fingerprint density at radius 2 is 2.05 bits per heavy atom. The van der Waals surface area contributed by atoms with Crippen LogP contribution in [0.15, 0.2) is 30.3 Å². The molecule has 1 aromatic heterocycles. The van der Waals surface area contributed by atoms with Crippen LogP contribution in [0.25, 0.3) is 0 Å². The Labute approximate surface area is 131 Å². The number of rotatable bonds is 4. The number of hydrogen-bond donors (Lipinski definition) is 1. The zero-order valence-corrected chi connectivity index (χ0v) is 13.3. The van der Waals surface area contributed by atoms with E-state index in [0.717, 1.165) is 16.6 Å². The third-order valence-electron chi connectivity index (χ3n) is 2.67. The molecule has 2 aromatic rings. The summed E-state index contributed by atoms with van der Waals surface area (Å²) in [7, 11) is 1.97. The topological polar surface area (TPSA) is 29.3 Å². The highest BCUT2D eigenvalue weighted by atomic mass is 35.5. The van der Waals surface area contributed by atoms with Crippen LogP contribution in [-0.4, -0.2) is 12.0 Å². The molecule has 2 N–H and O–H groups in total. The highest BCUT2D eigenvalue weighted by molar-refractivity contribution is 7.80. The minimum atomic E-state index is 0.302. The second-order valence-corrected chi connectivity index (χ2v) is 6.71. The van der Waals surface area contributed by atoms with Gasteiger partial charge in [-0.05, 0) is 24.3 Å². The molecule has 1 heterocycles. The lowest BCUT2D eigenvalue weighted by atomic mass is 10.1. The number of benzene rings is 1. The van der Waals surface area contributed by atoms with Crippen molar-refractivity contribution in [3.63, 3.8) is 0 Å². The maximum Gasteiger partial charge on any atom is 0.107 e. The molecule has 0 atom stereocenters. The molecule has 0 unspecified atom stereocenters. The molecule has 0 aliphatic carbocycles. The molecule has 6 heteroatoms. The van der Waals surface area contributed by atoms with Crippen LogP contribution in [0.2, 0.25) is 9.36 Å². The molecule has 0 radical (unpaired) electrons. The molecule has 2 nitrogen and oxygen atoms in total. The van der Waals surface area contributed by atoms with Gasteiger partial charge in [-0.3, -0.25) is 0 Å². The summed E-state index contributed by atoms with van der Waals surface area (Å²) >= 11 is 18.7. The van der Waals surface area contributed by atoms with E-state index in [1.807, 2.05) is 31.3 Å². The second kappa shape index (κ2) is 6.09. The lowest BCUT2D eigenvalue weighted by Gasteiger charge is -2.22. The molecule has 100 valence electrons. The first-order valence-electron chi connectivity index (χ1n) is 5.52. The average Bonchev–Trinajstić information content (AvgIpc) is 2.73. The predicted octanol–water partition coefficient (Wildman–Crippen LogP) is 4.33. The molecule has 0 bridgehead atoms. The third kappa shape index (κ3) is 3.39. The van der Waals surface area contributed by atoms with Crippen molar-refractivity contribution < 1.29 is 0 Å². The van der Waals surface area contributed by atoms with Gasteiger partial charge in [0.05, 0.1) is 21.5 Å². The predicted molar refractivity (Wildman–Crippen MR) is 88.8 cm³/mol. The van der Waals surface area contributed by atoms with Crippen LogP contribution in [0.3, 0.4) is 0 Å². The molecule has 0 saturated heterocycles. The number of thiocarbonyl (C=S) groups is 1. The van der Waals surface area contributed by atoms with Gasteiger partial charge in [0.15, 0.2) is 0 Å². The van der Waals surface area contributed by atoms with Crippen molar-refractivity contribution in [2.75, 3.05) is 11.9 Å². The number of nitrogens with zero attached hydrogens (tertiary/aromatic N) is 1. The molecule has 19 heavy (non-hydrogen) atoms. The van der Waals surface area contributed by atoms with Crippen LogP contribution in [0, 0.1) is 0 Å². The zero-order valence-electron chi connectivity index (χ0n) is 10.2. The Kier molecular flexibility index (Phi) is 4.68. The van der Waals surface area contributed by atoms with Gasteiger partial charge < -0.3 is 10.6 Å². The maximum absolute atomic E-state index is 6.16. The van der Waals surface area contributed by atoms with E-state index in [1.54, 1.807) is 17.4 Å². The summed E-state index contributed by atoms with van der Waals surface area (Å²) < 4.78 is 0.782. The van der Waals surface area contributed by atoms with E-state index in [-0.39, 0.29) is 0 Å². The van der Waals surface area contributed by atoms with Crippen molar-refractivity contribution in [3.05, 3.63) is 50.1 Å². The molecule has 0 spiro atoms. The molecule has 0 amide bonds. The smallest absolute Gasteiger partial charge is 0.107 e. The molecule has 0 aliphatic heterocycles. The number of anilines is 1. The molecule has 0 saturated carbocycles. The lowest BCUT2D eigenvalue weighted by Crippen LogP contribution is -2.21. The van der Waals surface area contributed by atoms with Crippen molar-refractivity contribution in [2.45, 2.75) is 6.54 Å². The monoisotopic (exact) mass is 330 g/mol. The van der Waals surface area contributed by atoms with Crippen LogP contribution in [0.4, 0.5) is 5.69 Å². The van der Waals surface area contributed by atoms with E-state index in [4.69, 9.17) is 41.2 Å². The average molecular weight is 331 g/mol. The largest absolute Gasteiger partial charge is 0.389 e. The summed E-state index contributed by atoms with van der Waals surface area (Å²) in [5.74, 6) is 0. The van der Waals surface area contributed by atoms with Gasteiger partial charge in [0, 0.05) is 17.6 Å². The Balaban J connectivity index is 2.31. The van der Waals surface area contributed by atoms with Crippen LogP contribution in [-0.2, 0) is 6.54 Å². The fraction of sp³-hybridized carbons (Fsp3) is 0.154. The molecular weight excluding hydrogens is 319 g/mol. The van der Waals surface area contributed by atoms with E-state index in [1.165, 1.54) is 4.88 Å². The van der Waals surface area contributed by atoms with Crippen LogP contribution >= 0.6 is 46.8 Å². The van der Waals surface area contributed by atoms with Crippen molar-refractivity contribution in [1.82, 2.24) is 0 Å². The molecular formula is C13H12Cl2N2S2. The molecule has 1 aromatic carbocycles. The fourth-order valence-electron chi connectivity index (χ4n) is 1.83. The maximum atomic E-state index is 6.16. The van der Waals surface area contributed by atoms with Gasteiger partial charge in [0.25, 0.3) is 0 Å². The summed E-state index contributed by atoms with van der Waals surface area (Å²) in [6.45, 7) is 0.730. The van der Waals surface area contributed by atoms with E-state index >= 15 is 0 Å². The first-order chi connectivity index (χ1) is 8.99. The Bertz CT molecular complexity index is 610. The second-order valence-electron chi connectivity index (χ2n) is 4.06. The van der Waals surface area contributed by atoms with Gasteiger partial charge in [0.1, 0.15) is 4.99 Å². The van der Waals surface area contributed by atoms with E-state index < -0.39 is 0 Å². The van der Waals surface area contributed by atoms with E-state index in [0.29, 0.717) is 15.6 Å². The summed E-state index contributed by atoms with van der Waals surface area (Å²) in [6, 6.07) is 9.53. The SMILES string of the molecule is CN(Cc1ccc(Cl)s1)c1cccc(Cl)c1C(N)=S. The third-order valence-corrected chi connectivity index (χ3v) is 4.41. The standard InChI is InChI=1S/C13H12Cl2N2S2/c1-17(7-8-5-6-11(15)19-8)10-4-2-3-9(14)12(10)13(16)18/h2-6H,7H2,1H3,(H2,16,18). The Morgan fingerprint density at radius 1 is 1.32 bits per heavy atom. The minimum Gasteiger partial charge on any atom is -0.389 e. The summed E-state index contributed by atoms with van der Waals surface area (Å²) in [5.41, 5.74) is 7.39. The zero-order chi connectivity index (χ0) is 14.0. The van der Waals surface area contributed by atoms with Crippen molar-refractivity contribution in [1.29, 1.82) is 0 Å². The van der Waals surface area contributed by atoms with Crippen molar-refractivity contribution in [2.24, 2.45) is 5.73 Å². The summed E-state index contributed by atoms with van der Waals surface area (Å²) in [5, 5.41) is 0.570. The normalized spacial score (nSPS) is 10.5. The van der Waals surface area contributed by atoms with E-state index in [9.17, 15) is 0 Å². The van der Waals surface area contributed by atoms with Crippen LogP contribution < -0.4 is 10.6 Å². The number of nitrogens with two attached hydrogens (primary N) is 1. The van der Waals surface area contributed by atoms with Gasteiger partial charge in [-0.2, -0.15) is 0 Å². The highest BCUT2D eigenvalue weighted by Crippen LogP contribution is 2.29. The van der Waals surface area contributed by atoms with Crippen molar-refractivity contribution >= 4 is 57.4 Å². The van der Waals surface area contributed by atoms with Crippen molar-refractivity contribution in [3.8, 4) is 0 Å². The Morgan fingerprint density at radius 3 is 2.63 bits per heavy atom. The number of halogens is 2. The number of thiophene rings is 1. The van der Waals surface area contributed by atoms with Crippen LogP contribution in [0.5, 0.6) is 0 Å². The Hall–Kier alpha value is -0.810. The fourth-order valence-corrected chi connectivity index (χ4v) is 3.51. The van der Waals surface area contributed by atoms with Crippen LogP contribution in [0.1, 0.15) is 10.4 Å². The summed E-state index contributed by atoms with van der Waals surface area (Å²) in [4.78, 5) is 3.53. The van der Waals surface area contributed by atoms with Gasteiger partial charge in [0.2, 0.25) is 0 Å². The number of hydrogen-bond acceptors (Lipinski definition) is 3. The van der Waals surface area contributed by atoms with Gasteiger partial charge in [-0.25, -0.2) is 0 Å². The lowest BCUT2D eigenvalue weighted by molar-refractivity contribution is 0.939. The van der Waals surface area contributed by atoms with Gasteiger partial charge in [-0.1, -0.05) is 41.5 Å². The highest BCUT2D eigenvalue weighted by Gasteiger charge is 2.14. The van der Waals surface area contributed by atoms with Gasteiger partial charge >= 0.3 is 0 Å². The molecule has 0 fully saturated rings. The summed E-state index contributed by atoms with van der Waals surface area (Å²) in [6.07, 6.45) is 0. The van der Waals surface area contributed by atoms with E-state index in [2.05, 4.69) is 4.90 Å². The molecule has 2 rings (SSSR count). The molecule has 0 aliphatic rings.